The van der Waals surface area contributed by atoms with E-state index in [1.54, 1.807) is 11.3 Å². The van der Waals surface area contributed by atoms with Crippen LogP contribution < -0.4 is 10.1 Å². The van der Waals surface area contributed by atoms with E-state index in [2.05, 4.69) is 54.2 Å². The zero-order valence-electron chi connectivity index (χ0n) is 12.4. The van der Waals surface area contributed by atoms with Crippen molar-refractivity contribution >= 4 is 38.9 Å². The molecule has 1 N–H and O–H groups in total. The Labute approximate surface area is 143 Å². The third kappa shape index (κ3) is 5.62. The van der Waals surface area contributed by atoms with Crippen molar-refractivity contribution in [1.82, 2.24) is 5.32 Å². The van der Waals surface area contributed by atoms with Gasteiger partial charge in [0.05, 0.1) is 5.02 Å². The fourth-order valence-electron chi connectivity index (χ4n) is 1.69. The zero-order chi connectivity index (χ0) is 15.5. The molecule has 0 fully saturated rings. The molecule has 0 amide bonds. The zero-order valence-corrected chi connectivity index (χ0v) is 15.5. The molecule has 0 aliphatic rings. The average Bonchev–Trinajstić information content (AvgIpc) is 2.82. The number of thiophene rings is 1. The Morgan fingerprint density at radius 3 is 2.57 bits per heavy atom. The first kappa shape index (κ1) is 16.8. The highest BCUT2D eigenvalue weighted by Crippen LogP contribution is 2.29. The summed E-state index contributed by atoms with van der Waals surface area (Å²) in [4.78, 5) is 2.50. The summed E-state index contributed by atoms with van der Waals surface area (Å²) >= 11 is 11.3. The van der Waals surface area contributed by atoms with Crippen LogP contribution in [0.5, 0.6) is 5.75 Å². The van der Waals surface area contributed by atoms with Crippen LogP contribution in [-0.2, 0) is 13.2 Å². The molecule has 0 spiro atoms. The van der Waals surface area contributed by atoms with Crippen molar-refractivity contribution in [3.8, 4) is 5.75 Å². The molecule has 0 aliphatic heterocycles. The van der Waals surface area contributed by atoms with E-state index in [4.69, 9.17) is 16.3 Å². The third-order valence-electron chi connectivity index (χ3n) is 2.77. The molecular weight excluding hydrogens is 370 g/mol. The lowest BCUT2D eigenvalue weighted by Crippen LogP contribution is -2.34. The molecule has 2 rings (SSSR count). The number of hydrogen-bond donors (Lipinski definition) is 1. The SMILES string of the molecule is CC(C)(C)NCc1ccc(COc2ccc(Br)cc2Cl)s1. The Kier molecular flexibility index (Phi) is 5.72. The van der Waals surface area contributed by atoms with Crippen LogP contribution in [0.3, 0.4) is 0 Å². The maximum atomic E-state index is 6.14. The monoisotopic (exact) mass is 387 g/mol. The predicted octanol–water partition coefficient (Wildman–Crippen LogP) is 5.63. The Bertz CT molecular complexity index is 607. The minimum Gasteiger partial charge on any atom is -0.487 e. The molecule has 0 atom stereocenters. The number of nitrogens with one attached hydrogen (secondary N) is 1. The van der Waals surface area contributed by atoms with Gasteiger partial charge >= 0.3 is 0 Å². The fraction of sp³-hybridized carbons (Fsp3) is 0.375. The van der Waals surface area contributed by atoms with Gasteiger partial charge in [-0.15, -0.1) is 11.3 Å². The van der Waals surface area contributed by atoms with Gasteiger partial charge in [0.2, 0.25) is 0 Å². The summed E-state index contributed by atoms with van der Waals surface area (Å²) in [6.07, 6.45) is 0. The predicted molar refractivity (Wildman–Crippen MR) is 94.4 cm³/mol. The van der Waals surface area contributed by atoms with Gasteiger partial charge in [-0.25, -0.2) is 0 Å². The van der Waals surface area contributed by atoms with Crippen molar-refractivity contribution in [2.24, 2.45) is 0 Å². The summed E-state index contributed by atoms with van der Waals surface area (Å²) < 4.78 is 6.72. The van der Waals surface area contributed by atoms with Crippen LogP contribution in [0.2, 0.25) is 5.02 Å². The van der Waals surface area contributed by atoms with Crippen LogP contribution in [0.15, 0.2) is 34.8 Å². The van der Waals surface area contributed by atoms with Crippen molar-refractivity contribution in [3.05, 3.63) is 49.6 Å². The molecule has 21 heavy (non-hydrogen) atoms. The Morgan fingerprint density at radius 1 is 1.19 bits per heavy atom. The van der Waals surface area contributed by atoms with E-state index in [9.17, 15) is 0 Å². The molecular formula is C16H19BrClNOS. The second-order valence-corrected chi connectivity index (χ2v) is 8.41. The molecule has 1 aromatic carbocycles. The van der Waals surface area contributed by atoms with E-state index in [0.717, 1.165) is 11.0 Å². The molecule has 2 nitrogen and oxygen atoms in total. The summed E-state index contributed by atoms with van der Waals surface area (Å²) in [5.74, 6) is 0.711. The van der Waals surface area contributed by atoms with Crippen molar-refractivity contribution in [2.75, 3.05) is 0 Å². The van der Waals surface area contributed by atoms with Gasteiger partial charge in [0.25, 0.3) is 0 Å². The van der Waals surface area contributed by atoms with Gasteiger partial charge in [-0.3, -0.25) is 0 Å². The Balaban J connectivity index is 1.90. The van der Waals surface area contributed by atoms with Gasteiger partial charge in [0.15, 0.2) is 0 Å². The average molecular weight is 389 g/mol. The van der Waals surface area contributed by atoms with E-state index in [1.165, 1.54) is 9.75 Å². The van der Waals surface area contributed by atoms with Gasteiger partial charge in [0, 0.05) is 26.3 Å². The topological polar surface area (TPSA) is 21.3 Å². The number of benzene rings is 1. The van der Waals surface area contributed by atoms with Crippen LogP contribution in [0.1, 0.15) is 30.5 Å². The molecule has 2 aromatic rings. The number of hydrogen-bond acceptors (Lipinski definition) is 3. The van der Waals surface area contributed by atoms with E-state index >= 15 is 0 Å². The van der Waals surface area contributed by atoms with E-state index in [1.807, 2.05) is 18.2 Å². The van der Waals surface area contributed by atoms with Crippen LogP contribution in [0, 0.1) is 0 Å². The third-order valence-corrected chi connectivity index (χ3v) is 4.62. The van der Waals surface area contributed by atoms with Gasteiger partial charge in [-0.05, 0) is 51.1 Å². The first-order valence-corrected chi connectivity index (χ1v) is 8.73. The lowest BCUT2D eigenvalue weighted by molar-refractivity contribution is 0.310. The minimum atomic E-state index is 0.131. The van der Waals surface area contributed by atoms with Crippen LogP contribution in [0.4, 0.5) is 0 Å². The van der Waals surface area contributed by atoms with E-state index in [0.29, 0.717) is 17.4 Å². The molecule has 0 aliphatic carbocycles. The van der Waals surface area contributed by atoms with Crippen molar-refractivity contribution in [1.29, 1.82) is 0 Å². The fourth-order valence-corrected chi connectivity index (χ4v) is 3.29. The molecule has 114 valence electrons. The Hall–Kier alpha value is -0.550. The van der Waals surface area contributed by atoms with Crippen molar-refractivity contribution in [3.63, 3.8) is 0 Å². The van der Waals surface area contributed by atoms with Crippen LogP contribution in [0.25, 0.3) is 0 Å². The second kappa shape index (κ2) is 7.14. The van der Waals surface area contributed by atoms with Gasteiger partial charge in [-0.2, -0.15) is 0 Å². The van der Waals surface area contributed by atoms with Gasteiger partial charge in [-0.1, -0.05) is 27.5 Å². The standard InChI is InChI=1S/C16H19BrClNOS/c1-16(2,3)19-9-12-5-6-13(21-12)10-20-15-7-4-11(17)8-14(15)18/h4-8,19H,9-10H2,1-3H3. The highest BCUT2D eigenvalue weighted by molar-refractivity contribution is 9.10. The number of ether oxygens (including phenoxy) is 1. The summed E-state index contributed by atoms with van der Waals surface area (Å²) in [6.45, 7) is 7.93. The summed E-state index contributed by atoms with van der Waals surface area (Å²) in [5, 5.41) is 4.10. The largest absolute Gasteiger partial charge is 0.487 e. The lowest BCUT2D eigenvalue weighted by atomic mass is 10.1. The van der Waals surface area contributed by atoms with E-state index in [-0.39, 0.29) is 5.54 Å². The molecule has 5 heteroatoms. The van der Waals surface area contributed by atoms with Crippen LogP contribution >= 0.6 is 38.9 Å². The first-order chi connectivity index (χ1) is 9.83. The highest BCUT2D eigenvalue weighted by Gasteiger charge is 2.10. The molecule has 0 saturated heterocycles. The second-order valence-electron chi connectivity index (χ2n) is 5.83. The summed E-state index contributed by atoms with van der Waals surface area (Å²) in [5.41, 5.74) is 0.131. The minimum absolute atomic E-state index is 0.131. The molecule has 1 aromatic heterocycles. The van der Waals surface area contributed by atoms with Crippen molar-refractivity contribution < 1.29 is 4.74 Å². The molecule has 0 saturated carbocycles. The molecule has 1 heterocycles. The van der Waals surface area contributed by atoms with Crippen LogP contribution in [-0.4, -0.2) is 5.54 Å². The number of rotatable bonds is 5. The lowest BCUT2D eigenvalue weighted by Gasteiger charge is -2.19. The summed E-state index contributed by atoms with van der Waals surface area (Å²) in [6, 6.07) is 9.89. The molecule has 0 radical (unpaired) electrons. The number of halogens is 2. The Morgan fingerprint density at radius 2 is 1.90 bits per heavy atom. The van der Waals surface area contributed by atoms with E-state index < -0.39 is 0 Å². The maximum Gasteiger partial charge on any atom is 0.138 e. The summed E-state index contributed by atoms with van der Waals surface area (Å²) in [7, 11) is 0. The quantitative estimate of drug-likeness (QED) is 0.716. The maximum absolute atomic E-state index is 6.14. The van der Waals surface area contributed by atoms with Crippen molar-refractivity contribution in [2.45, 2.75) is 39.5 Å². The molecule has 0 bridgehead atoms. The first-order valence-electron chi connectivity index (χ1n) is 6.74. The van der Waals surface area contributed by atoms with Gasteiger partial charge < -0.3 is 10.1 Å². The normalized spacial score (nSPS) is 11.7. The smallest absolute Gasteiger partial charge is 0.138 e. The molecule has 0 unspecified atom stereocenters. The van der Waals surface area contributed by atoms with Gasteiger partial charge in [0.1, 0.15) is 12.4 Å². The highest BCUT2D eigenvalue weighted by atomic mass is 79.9.